The van der Waals surface area contributed by atoms with Gasteiger partial charge >= 0.3 is 0 Å². The molecule has 1 saturated heterocycles. The summed E-state index contributed by atoms with van der Waals surface area (Å²) in [4.78, 5) is 0.168. The normalized spacial score (nSPS) is 18.6. The molecule has 0 bridgehead atoms. The van der Waals surface area contributed by atoms with E-state index in [1.54, 1.807) is 0 Å². The molecule has 1 heterocycles. The highest BCUT2D eigenvalue weighted by atomic mass is 32.2. The van der Waals surface area contributed by atoms with E-state index in [-0.39, 0.29) is 4.90 Å². The average molecular weight is 286 g/mol. The van der Waals surface area contributed by atoms with Crippen LogP contribution in [0.4, 0.5) is 4.39 Å². The monoisotopic (exact) mass is 286 g/mol. The van der Waals surface area contributed by atoms with Gasteiger partial charge in [0.2, 0.25) is 10.0 Å². The number of hydrogen-bond donors (Lipinski definition) is 1. The summed E-state index contributed by atoms with van der Waals surface area (Å²) in [6.07, 6.45) is 1.72. The van der Waals surface area contributed by atoms with Gasteiger partial charge in [0.1, 0.15) is 5.82 Å². The van der Waals surface area contributed by atoms with Crippen molar-refractivity contribution in [2.75, 3.05) is 26.7 Å². The minimum Gasteiger partial charge on any atom is -0.319 e. The first-order valence-corrected chi connectivity index (χ1v) is 7.88. The summed E-state index contributed by atoms with van der Waals surface area (Å²) in [7, 11) is -1.57. The molecule has 1 aliphatic heterocycles. The Kier molecular flexibility index (Phi) is 4.54. The predicted octanol–water partition coefficient (Wildman–Crippen LogP) is 1.45. The van der Waals surface area contributed by atoms with Crippen molar-refractivity contribution < 1.29 is 12.8 Å². The number of halogens is 1. The molecule has 1 aromatic rings. The number of benzene rings is 1. The van der Waals surface area contributed by atoms with E-state index < -0.39 is 15.8 Å². The van der Waals surface area contributed by atoms with Crippen LogP contribution in [0.3, 0.4) is 0 Å². The van der Waals surface area contributed by atoms with Crippen LogP contribution in [-0.4, -0.2) is 39.4 Å². The molecule has 19 heavy (non-hydrogen) atoms. The van der Waals surface area contributed by atoms with Crippen LogP contribution in [0.2, 0.25) is 0 Å². The Labute approximate surface area is 113 Å². The van der Waals surface area contributed by atoms with Crippen LogP contribution < -0.4 is 5.32 Å². The Hall–Kier alpha value is -0.980. The first kappa shape index (κ1) is 14.4. The van der Waals surface area contributed by atoms with Gasteiger partial charge in [0.25, 0.3) is 0 Å². The molecule has 4 nitrogen and oxygen atoms in total. The Bertz CT molecular complexity index is 508. The minimum atomic E-state index is -3.47. The molecule has 0 spiro atoms. The Morgan fingerprint density at radius 3 is 2.37 bits per heavy atom. The molecule has 106 valence electrons. The zero-order valence-corrected chi connectivity index (χ0v) is 11.8. The third-order valence-electron chi connectivity index (χ3n) is 3.52. The molecule has 2 rings (SSSR count). The van der Waals surface area contributed by atoms with Gasteiger partial charge in [-0.25, -0.2) is 12.8 Å². The van der Waals surface area contributed by atoms with Crippen molar-refractivity contribution in [2.45, 2.75) is 17.7 Å². The number of sulfonamides is 1. The van der Waals surface area contributed by atoms with E-state index in [0.717, 1.165) is 19.4 Å². The zero-order chi connectivity index (χ0) is 13.9. The molecule has 0 aliphatic carbocycles. The maximum atomic E-state index is 12.8. The van der Waals surface area contributed by atoms with Gasteiger partial charge in [0, 0.05) is 13.1 Å². The zero-order valence-electron chi connectivity index (χ0n) is 11.0. The van der Waals surface area contributed by atoms with Gasteiger partial charge in [-0.2, -0.15) is 4.31 Å². The van der Waals surface area contributed by atoms with Crippen molar-refractivity contribution in [1.29, 1.82) is 0 Å². The van der Waals surface area contributed by atoms with Crippen LogP contribution in [-0.2, 0) is 10.0 Å². The quantitative estimate of drug-likeness (QED) is 0.911. The van der Waals surface area contributed by atoms with E-state index in [2.05, 4.69) is 5.32 Å². The standard InChI is InChI=1S/C13H19FN2O2S/c1-15-10-11-6-8-16(9-7-11)19(17,18)13-4-2-12(14)3-5-13/h2-5,11,15H,6-10H2,1H3. The maximum absolute atomic E-state index is 12.8. The van der Waals surface area contributed by atoms with E-state index in [4.69, 9.17) is 0 Å². The van der Waals surface area contributed by atoms with Crippen LogP contribution in [0, 0.1) is 11.7 Å². The summed E-state index contributed by atoms with van der Waals surface area (Å²) in [6, 6.07) is 5.01. The molecule has 0 aromatic heterocycles. The van der Waals surface area contributed by atoms with Gasteiger partial charge in [0.15, 0.2) is 0 Å². The largest absolute Gasteiger partial charge is 0.319 e. The highest BCUT2D eigenvalue weighted by molar-refractivity contribution is 7.89. The Morgan fingerprint density at radius 2 is 1.84 bits per heavy atom. The summed E-state index contributed by atoms with van der Waals surface area (Å²) in [6.45, 7) is 1.99. The molecule has 1 N–H and O–H groups in total. The molecular formula is C13H19FN2O2S. The molecule has 1 fully saturated rings. The lowest BCUT2D eigenvalue weighted by atomic mass is 9.98. The molecule has 0 saturated carbocycles. The second-order valence-corrected chi connectivity index (χ2v) is 6.80. The first-order chi connectivity index (χ1) is 9.04. The van der Waals surface area contributed by atoms with Gasteiger partial charge in [-0.1, -0.05) is 0 Å². The highest BCUT2D eigenvalue weighted by Crippen LogP contribution is 2.23. The third kappa shape index (κ3) is 3.32. The fraction of sp³-hybridized carbons (Fsp3) is 0.538. The van der Waals surface area contributed by atoms with Crippen molar-refractivity contribution in [3.63, 3.8) is 0 Å². The van der Waals surface area contributed by atoms with E-state index in [9.17, 15) is 12.8 Å². The summed E-state index contributed by atoms with van der Waals surface area (Å²) in [5.74, 6) is 0.108. The molecule has 1 aliphatic rings. The molecule has 0 unspecified atom stereocenters. The van der Waals surface area contributed by atoms with Crippen molar-refractivity contribution in [1.82, 2.24) is 9.62 Å². The van der Waals surface area contributed by atoms with Gasteiger partial charge in [-0.05, 0) is 56.6 Å². The summed E-state index contributed by atoms with van der Waals surface area (Å²) >= 11 is 0. The van der Waals surface area contributed by atoms with Crippen molar-refractivity contribution >= 4 is 10.0 Å². The topological polar surface area (TPSA) is 49.4 Å². The fourth-order valence-corrected chi connectivity index (χ4v) is 3.87. The molecule has 0 amide bonds. The number of rotatable bonds is 4. The SMILES string of the molecule is CNCC1CCN(S(=O)(=O)c2ccc(F)cc2)CC1. The molecular weight excluding hydrogens is 267 g/mol. The highest BCUT2D eigenvalue weighted by Gasteiger charge is 2.28. The van der Waals surface area contributed by atoms with Crippen molar-refractivity contribution in [2.24, 2.45) is 5.92 Å². The van der Waals surface area contributed by atoms with Crippen LogP contribution in [0.25, 0.3) is 0 Å². The van der Waals surface area contributed by atoms with Gasteiger partial charge in [0.05, 0.1) is 4.90 Å². The summed E-state index contributed by atoms with van der Waals surface area (Å²) in [5.41, 5.74) is 0. The lowest BCUT2D eigenvalue weighted by molar-refractivity contribution is 0.270. The molecule has 1 aromatic carbocycles. The van der Waals surface area contributed by atoms with E-state index in [1.807, 2.05) is 7.05 Å². The summed E-state index contributed by atoms with van der Waals surface area (Å²) < 4.78 is 39.0. The number of piperidine rings is 1. The number of nitrogens with one attached hydrogen (secondary N) is 1. The lowest BCUT2D eigenvalue weighted by Gasteiger charge is -2.31. The second kappa shape index (κ2) is 5.98. The lowest BCUT2D eigenvalue weighted by Crippen LogP contribution is -2.40. The Balaban J connectivity index is 2.07. The Morgan fingerprint density at radius 1 is 1.26 bits per heavy atom. The van der Waals surface area contributed by atoms with E-state index in [0.29, 0.717) is 19.0 Å². The van der Waals surface area contributed by atoms with E-state index >= 15 is 0 Å². The maximum Gasteiger partial charge on any atom is 0.243 e. The second-order valence-electron chi connectivity index (χ2n) is 4.86. The molecule has 6 heteroatoms. The van der Waals surface area contributed by atoms with Gasteiger partial charge < -0.3 is 5.32 Å². The number of nitrogens with zero attached hydrogens (tertiary/aromatic N) is 1. The van der Waals surface area contributed by atoms with Gasteiger partial charge in [-0.15, -0.1) is 0 Å². The van der Waals surface area contributed by atoms with E-state index in [1.165, 1.54) is 28.6 Å². The first-order valence-electron chi connectivity index (χ1n) is 6.44. The molecule has 0 radical (unpaired) electrons. The van der Waals surface area contributed by atoms with Crippen LogP contribution in [0.15, 0.2) is 29.2 Å². The van der Waals surface area contributed by atoms with Crippen molar-refractivity contribution in [3.05, 3.63) is 30.1 Å². The van der Waals surface area contributed by atoms with Crippen molar-refractivity contribution in [3.8, 4) is 0 Å². The predicted molar refractivity (Wildman–Crippen MR) is 71.8 cm³/mol. The average Bonchev–Trinajstić information content (AvgIpc) is 2.40. The molecule has 0 atom stereocenters. The van der Waals surface area contributed by atoms with Gasteiger partial charge in [-0.3, -0.25) is 0 Å². The van der Waals surface area contributed by atoms with Crippen LogP contribution in [0.1, 0.15) is 12.8 Å². The minimum absolute atomic E-state index is 0.168. The summed E-state index contributed by atoms with van der Waals surface area (Å²) in [5, 5.41) is 3.12. The van der Waals surface area contributed by atoms with Crippen LogP contribution in [0.5, 0.6) is 0 Å². The smallest absolute Gasteiger partial charge is 0.243 e. The third-order valence-corrected chi connectivity index (χ3v) is 5.43. The fourth-order valence-electron chi connectivity index (χ4n) is 2.40. The number of hydrogen-bond acceptors (Lipinski definition) is 3. The van der Waals surface area contributed by atoms with Crippen LogP contribution >= 0.6 is 0 Å².